The molecule has 1 N–H and O–H groups in total. The molecule has 1 unspecified atom stereocenters. The molecular formula is C36H32N4. The molecule has 0 spiro atoms. The fraction of sp³-hybridized carbons (Fsp3) is 0.139. The van der Waals surface area contributed by atoms with Gasteiger partial charge in [-0.2, -0.15) is 0 Å². The van der Waals surface area contributed by atoms with Gasteiger partial charge in [-0.05, 0) is 77.6 Å². The second-order valence-electron chi connectivity index (χ2n) is 10.4. The van der Waals surface area contributed by atoms with Gasteiger partial charge in [0.15, 0.2) is 0 Å². The van der Waals surface area contributed by atoms with Crippen molar-refractivity contribution in [3.63, 3.8) is 0 Å². The van der Waals surface area contributed by atoms with E-state index in [1.54, 1.807) is 6.20 Å². The van der Waals surface area contributed by atoms with Crippen LogP contribution in [0.1, 0.15) is 45.0 Å². The summed E-state index contributed by atoms with van der Waals surface area (Å²) in [6.07, 6.45) is 7.51. The average Bonchev–Trinajstić information content (AvgIpc) is 2.99. The van der Waals surface area contributed by atoms with Crippen LogP contribution in [0.4, 0.5) is 0 Å². The number of hydrogen-bond acceptors (Lipinski definition) is 4. The first-order valence-electron chi connectivity index (χ1n) is 13.7. The van der Waals surface area contributed by atoms with E-state index in [4.69, 9.17) is 4.98 Å². The zero-order chi connectivity index (χ0) is 27.3. The van der Waals surface area contributed by atoms with Gasteiger partial charge in [0.1, 0.15) is 0 Å². The first kappa shape index (κ1) is 25.6. The number of nitrogens with zero attached hydrogens (tertiary/aromatic N) is 3. The minimum Gasteiger partial charge on any atom is -0.307 e. The molecule has 3 aromatic heterocycles. The van der Waals surface area contributed by atoms with Crippen molar-refractivity contribution in [1.29, 1.82) is 0 Å². The van der Waals surface area contributed by atoms with Crippen LogP contribution in [-0.4, -0.2) is 15.0 Å². The fourth-order valence-corrected chi connectivity index (χ4v) is 5.34. The van der Waals surface area contributed by atoms with Gasteiger partial charge >= 0.3 is 0 Å². The maximum Gasteiger partial charge on any atom is 0.0712 e. The zero-order valence-electron chi connectivity index (χ0n) is 22.9. The molecule has 0 saturated heterocycles. The lowest BCUT2D eigenvalue weighted by atomic mass is 9.84. The minimum atomic E-state index is 0.0740. The highest BCUT2D eigenvalue weighted by molar-refractivity contribution is 5.95. The molecule has 0 fully saturated rings. The Morgan fingerprint density at radius 2 is 1.45 bits per heavy atom. The molecule has 0 bridgehead atoms. The molecule has 0 radical (unpaired) electrons. The first-order chi connectivity index (χ1) is 19.6. The van der Waals surface area contributed by atoms with Gasteiger partial charge < -0.3 is 5.32 Å². The van der Waals surface area contributed by atoms with Crippen LogP contribution in [0.5, 0.6) is 0 Å². The van der Waals surface area contributed by atoms with Gasteiger partial charge in [-0.25, -0.2) is 0 Å². The third-order valence-corrected chi connectivity index (χ3v) is 7.33. The standard InChI is InChI=1S/C36H32N4/c1-25-10-12-28(13-11-25)36(31-9-5-17-38-23-31)30-14-15-35-34(19-30)33(29-8-3-6-26(2)18-29)20-32(40-35)24-39-22-27-7-4-16-37-21-27/h3-21,23,36,39H,22,24H2,1-2H3. The van der Waals surface area contributed by atoms with Gasteiger partial charge in [-0.3, -0.25) is 15.0 Å². The second-order valence-corrected chi connectivity index (χ2v) is 10.4. The Morgan fingerprint density at radius 3 is 2.20 bits per heavy atom. The highest BCUT2D eigenvalue weighted by atomic mass is 14.9. The molecular weight excluding hydrogens is 488 g/mol. The molecule has 1 atom stereocenters. The van der Waals surface area contributed by atoms with Crippen LogP contribution in [0.25, 0.3) is 22.0 Å². The summed E-state index contributed by atoms with van der Waals surface area (Å²) < 4.78 is 0. The average molecular weight is 521 g/mol. The number of pyridine rings is 3. The van der Waals surface area contributed by atoms with Crippen molar-refractivity contribution in [2.75, 3.05) is 0 Å². The number of fused-ring (bicyclic) bond motifs is 1. The summed E-state index contributed by atoms with van der Waals surface area (Å²) in [4.78, 5) is 13.8. The van der Waals surface area contributed by atoms with Crippen molar-refractivity contribution in [1.82, 2.24) is 20.3 Å². The van der Waals surface area contributed by atoms with Crippen molar-refractivity contribution in [3.05, 3.63) is 161 Å². The second kappa shape index (κ2) is 11.6. The fourth-order valence-electron chi connectivity index (χ4n) is 5.34. The normalized spacial score (nSPS) is 11.9. The monoisotopic (exact) mass is 520 g/mol. The predicted octanol–water partition coefficient (Wildman–Crippen LogP) is 7.78. The van der Waals surface area contributed by atoms with E-state index in [0.717, 1.165) is 28.7 Å². The molecule has 0 aliphatic rings. The quantitative estimate of drug-likeness (QED) is 0.223. The maximum absolute atomic E-state index is 5.08. The van der Waals surface area contributed by atoms with Crippen molar-refractivity contribution < 1.29 is 0 Å². The topological polar surface area (TPSA) is 50.7 Å². The van der Waals surface area contributed by atoms with Crippen LogP contribution >= 0.6 is 0 Å². The number of benzene rings is 3. The molecule has 0 aliphatic carbocycles. The molecule has 6 aromatic rings. The first-order valence-corrected chi connectivity index (χ1v) is 13.7. The lowest BCUT2D eigenvalue weighted by molar-refractivity contribution is 0.680. The Bertz CT molecular complexity index is 1730. The number of rotatable bonds is 8. The predicted molar refractivity (Wildman–Crippen MR) is 163 cm³/mol. The highest BCUT2D eigenvalue weighted by Gasteiger charge is 2.19. The molecule has 3 aromatic carbocycles. The van der Waals surface area contributed by atoms with E-state index in [1.807, 2.05) is 30.7 Å². The van der Waals surface area contributed by atoms with Gasteiger partial charge in [0.25, 0.3) is 0 Å². The third kappa shape index (κ3) is 5.68. The highest BCUT2D eigenvalue weighted by Crippen LogP contribution is 2.36. The van der Waals surface area contributed by atoms with E-state index in [0.29, 0.717) is 6.54 Å². The summed E-state index contributed by atoms with van der Waals surface area (Å²) >= 11 is 0. The smallest absolute Gasteiger partial charge is 0.0712 e. The number of aromatic nitrogens is 3. The van der Waals surface area contributed by atoms with E-state index in [-0.39, 0.29) is 5.92 Å². The minimum absolute atomic E-state index is 0.0740. The van der Waals surface area contributed by atoms with E-state index in [2.05, 4.69) is 114 Å². The summed E-state index contributed by atoms with van der Waals surface area (Å²) in [7, 11) is 0. The van der Waals surface area contributed by atoms with Gasteiger partial charge in [-0.15, -0.1) is 0 Å². The Balaban J connectivity index is 1.44. The molecule has 0 amide bonds. The van der Waals surface area contributed by atoms with Crippen molar-refractivity contribution in [2.24, 2.45) is 0 Å². The molecule has 3 heterocycles. The Labute approximate surface area is 235 Å². The molecule has 40 heavy (non-hydrogen) atoms. The van der Waals surface area contributed by atoms with E-state index >= 15 is 0 Å². The summed E-state index contributed by atoms with van der Waals surface area (Å²) in [5.41, 5.74) is 11.7. The van der Waals surface area contributed by atoms with E-state index < -0.39 is 0 Å². The van der Waals surface area contributed by atoms with Crippen LogP contribution in [0.3, 0.4) is 0 Å². The Hall–Kier alpha value is -4.67. The maximum atomic E-state index is 5.08. The van der Waals surface area contributed by atoms with Crippen LogP contribution in [0, 0.1) is 13.8 Å². The SMILES string of the molecule is Cc1ccc(C(c2cccnc2)c2ccc3nc(CNCc4cccnc4)cc(-c4cccc(C)c4)c3c2)cc1. The van der Waals surface area contributed by atoms with E-state index in [9.17, 15) is 0 Å². The van der Waals surface area contributed by atoms with Gasteiger partial charge in [0.2, 0.25) is 0 Å². The van der Waals surface area contributed by atoms with Crippen LogP contribution in [0.15, 0.2) is 122 Å². The lowest BCUT2D eigenvalue weighted by Gasteiger charge is -2.20. The van der Waals surface area contributed by atoms with E-state index in [1.165, 1.54) is 38.9 Å². The lowest BCUT2D eigenvalue weighted by Crippen LogP contribution is -2.14. The molecule has 4 heteroatoms. The van der Waals surface area contributed by atoms with Crippen molar-refractivity contribution in [3.8, 4) is 11.1 Å². The third-order valence-electron chi connectivity index (χ3n) is 7.33. The summed E-state index contributed by atoms with van der Waals surface area (Å²) in [5, 5.41) is 4.69. The summed E-state index contributed by atoms with van der Waals surface area (Å²) in [6, 6.07) is 34.7. The van der Waals surface area contributed by atoms with Crippen LogP contribution in [-0.2, 0) is 13.1 Å². The van der Waals surface area contributed by atoms with Gasteiger partial charge in [0.05, 0.1) is 11.2 Å². The summed E-state index contributed by atoms with van der Waals surface area (Å²) in [6.45, 7) is 5.69. The van der Waals surface area contributed by atoms with Gasteiger partial charge in [-0.1, -0.05) is 77.9 Å². The largest absolute Gasteiger partial charge is 0.307 e. The van der Waals surface area contributed by atoms with Crippen molar-refractivity contribution in [2.45, 2.75) is 32.9 Å². The zero-order valence-corrected chi connectivity index (χ0v) is 22.9. The van der Waals surface area contributed by atoms with Crippen LogP contribution < -0.4 is 5.32 Å². The molecule has 0 saturated carbocycles. The Morgan fingerprint density at radius 1 is 0.650 bits per heavy atom. The van der Waals surface area contributed by atoms with Crippen LogP contribution in [0.2, 0.25) is 0 Å². The molecule has 6 rings (SSSR count). The van der Waals surface area contributed by atoms with Gasteiger partial charge in [0, 0.05) is 49.2 Å². The number of aryl methyl sites for hydroxylation is 2. The summed E-state index contributed by atoms with van der Waals surface area (Å²) in [5.74, 6) is 0.0740. The molecule has 196 valence electrons. The number of hydrogen-bond donors (Lipinski definition) is 1. The Kier molecular flexibility index (Phi) is 7.43. The molecule has 0 aliphatic heterocycles. The van der Waals surface area contributed by atoms with Crippen molar-refractivity contribution >= 4 is 10.9 Å². The molecule has 4 nitrogen and oxygen atoms in total. The number of nitrogens with one attached hydrogen (secondary N) is 1.